The van der Waals surface area contributed by atoms with Crippen LogP contribution in [0.25, 0.3) is 0 Å². The molecule has 16 heavy (non-hydrogen) atoms. The molecule has 1 fully saturated rings. The lowest BCUT2D eigenvalue weighted by Crippen LogP contribution is -2.20. The Morgan fingerprint density at radius 3 is 3.12 bits per heavy atom. The molecule has 1 aliphatic heterocycles. The van der Waals surface area contributed by atoms with Gasteiger partial charge in [0.2, 0.25) is 0 Å². The molecular formula is C10H15N5S. The molecule has 0 radical (unpaired) electrons. The van der Waals surface area contributed by atoms with E-state index in [4.69, 9.17) is 0 Å². The Labute approximate surface area is 98.7 Å². The summed E-state index contributed by atoms with van der Waals surface area (Å²) in [6.45, 7) is 1.65. The van der Waals surface area contributed by atoms with Crippen molar-refractivity contribution in [3.05, 3.63) is 12.2 Å². The minimum absolute atomic E-state index is 0.671. The van der Waals surface area contributed by atoms with Crippen molar-refractivity contribution < 1.29 is 0 Å². The number of aliphatic imine (C=N–C) groups is 1. The molecule has 0 saturated heterocycles. The topological polar surface area (TPSA) is 55.1 Å². The van der Waals surface area contributed by atoms with Gasteiger partial charge in [0.1, 0.15) is 6.33 Å². The van der Waals surface area contributed by atoms with E-state index in [9.17, 15) is 0 Å². The molecule has 2 heterocycles. The van der Waals surface area contributed by atoms with Crippen molar-refractivity contribution in [3.8, 4) is 0 Å². The Morgan fingerprint density at radius 1 is 1.56 bits per heavy atom. The minimum atomic E-state index is 0.671. The number of aromatic nitrogens is 3. The summed E-state index contributed by atoms with van der Waals surface area (Å²) in [5.74, 6) is 1.74. The van der Waals surface area contributed by atoms with E-state index in [0.717, 1.165) is 28.7 Å². The second-order valence-corrected chi connectivity index (χ2v) is 5.56. The van der Waals surface area contributed by atoms with Gasteiger partial charge in [0, 0.05) is 12.3 Å². The minimum Gasteiger partial charge on any atom is -0.358 e. The van der Waals surface area contributed by atoms with Gasteiger partial charge in [-0.1, -0.05) is 11.8 Å². The van der Waals surface area contributed by atoms with E-state index >= 15 is 0 Å². The number of nitrogens with zero attached hydrogens (tertiary/aromatic N) is 4. The van der Waals surface area contributed by atoms with Gasteiger partial charge in [-0.2, -0.15) is 5.10 Å². The number of amidine groups is 1. The molecule has 0 aromatic carbocycles. The predicted molar refractivity (Wildman–Crippen MR) is 64.2 cm³/mol. The van der Waals surface area contributed by atoms with E-state index in [1.165, 1.54) is 12.8 Å². The van der Waals surface area contributed by atoms with Gasteiger partial charge in [0.05, 0.1) is 13.1 Å². The highest BCUT2D eigenvalue weighted by atomic mass is 32.2. The molecule has 0 bridgehead atoms. The number of thioether (sulfide) groups is 1. The quantitative estimate of drug-likeness (QED) is 0.844. The molecule has 86 valence electrons. The monoisotopic (exact) mass is 237 g/mol. The summed E-state index contributed by atoms with van der Waals surface area (Å²) in [6.07, 6.45) is 4.50. The number of nitrogens with one attached hydrogen (secondary N) is 1. The number of rotatable bonds is 3. The third kappa shape index (κ3) is 2.21. The molecule has 1 atom stereocenters. The lowest BCUT2D eigenvalue weighted by molar-refractivity contribution is 0.730. The summed E-state index contributed by atoms with van der Waals surface area (Å²) in [4.78, 5) is 8.67. The van der Waals surface area contributed by atoms with Crippen molar-refractivity contribution in [1.82, 2.24) is 20.1 Å². The van der Waals surface area contributed by atoms with Crippen LogP contribution in [-0.2, 0) is 13.6 Å². The van der Waals surface area contributed by atoms with E-state index in [2.05, 4.69) is 20.4 Å². The van der Waals surface area contributed by atoms with E-state index < -0.39 is 0 Å². The molecule has 6 heteroatoms. The van der Waals surface area contributed by atoms with Gasteiger partial charge >= 0.3 is 0 Å². The van der Waals surface area contributed by atoms with Gasteiger partial charge in [-0.15, -0.1) is 0 Å². The molecule has 3 rings (SSSR count). The first-order valence-electron chi connectivity index (χ1n) is 5.61. The van der Waals surface area contributed by atoms with E-state index in [1.54, 1.807) is 11.0 Å². The first kappa shape index (κ1) is 10.1. The van der Waals surface area contributed by atoms with Gasteiger partial charge in [0.25, 0.3) is 0 Å². The van der Waals surface area contributed by atoms with Crippen molar-refractivity contribution in [3.63, 3.8) is 0 Å². The fraction of sp³-hybridized carbons (Fsp3) is 0.700. The molecule has 1 saturated carbocycles. The van der Waals surface area contributed by atoms with Crippen molar-refractivity contribution in [2.45, 2.75) is 24.6 Å². The van der Waals surface area contributed by atoms with Crippen LogP contribution in [0.4, 0.5) is 0 Å². The summed E-state index contributed by atoms with van der Waals surface area (Å²) in [5.41, 5.74) is 0. The Hall–Kier alpha value is -1.04. The summed E-state index contributed by atoms with van der Waals surface area (Å²) < 4.78 is 1.72. The lowest BCUT2D eigenvalue weighted by atomic mass is 10.3. The first-order chi connectivity index (χ1) is 7.81. The molecule has 1 aliphatic carbocycles. The zero-order valence-electron chi connectivity index (χ0n) is 9.26. The van der Waals surface area contributed by atoms with Crippen LogP contribution in [0.15, 0.2) is 11.3 Å². The zero-order chi connectivity index (χ0) is 11.0. The van der Waals surface area contributed by atoms with Crippen LogP contribution >= 0.6 is 11.8 Å². The van der Waals surface area contributed by atoms with Crippen LogP contribution in [0.2, 0.25) is 0 Å². The van der Waals surface area contributed by atoms with E-state index in [-0.39, 0.29) is 0 Å². The van der Waals surface area contributed by atoms with Crippen molar-refractivity contribution in [2.75, 3.05) is 6.54 Å². The normalized spacial score (nSPS) is 24.6. The van der Waals surface area contributed by atoms with Gasteiger partial charge in [-0.25, -0.2) is 4.98 Å². The van der Waals surface area contributed by atoms with Gasteiger partial charge in [0.15, 0.2) is 11.0 Å². The summed E-state index contributed by atoms with van der Waals surface area (Å²) in [6, 6.07) is 0. The second-order valence-electron chi connectivity index (χ2n) is 4.33. The van der Waals surface area contributed by atoms with Gasteiger partial charge in [-0.3, -0.25) is 9.67 Å². The third-order valence-electron chi connectivity index (χ3n) is 2.87. The summed E-state index contributed by atoms with van der Waals surface area (Å²) >= 11 is 1.88. The predicted octanol–water partition coefficient (Wildman–Crippen LogP) is 0.786. The van der Waals surface area contributed by atoms with E-state index in [0.29, 0.717) is 6.54 Å². The fourth-order valence-corrected chi connectivity index (χ4v) is 3.03. The maximum Gasteiger partial charge on any atom is 0.169 e. The molecule has 1 aromatic rings. The first-order valence-corrected chi connectivity index (χ1v) is 6.49. The maximum absolute atomic E-state index is 4.51. The Morgan fingerprint density at radius 2 is 2.44 bits per heavy atom. The van der Waals surface area contributed by atoms with Crippen molar-refractivity contribution in [1.29, 1.82) is 0 Å². The largest absolute Gasteiger partial charge is 0.358 e. The molecule has 2 aliphatic rings. The number of hydrogen-bond acceptors (Lipinski definition) is 5. The van der Waals surface area contributed by atoms with Crippen LogP contribution < -0.4 is 5.32 Å². The fourth-order valence-electron chi connectivity index (χ4n) is 1.82. The molecule has 1 aromatic heterocycles. The average Bonchev–Trinajstić information content (AvgIpc) is 2.87. The Bertz CT molecular complexity index is 409. The SMILES string of the molecule is Cn1cnc(CNC2=NCC(C3CC3)S2)n1. The number of aryl methyl sites for hydroxylation is 1. The van der Waals surface area contributed by atoms with Crippen LogP contribution in [0.3, 0.4) is 0 Å². The number of hydrogen-bond donors (Lipinski definition) is 1. The highest BCUT2D eigenvalue weighted by molar-refractivity contribution is 8.14. The van der Waals surface area contributed by atoms with Crippen LogP contribution in [-0.4, -0.2) is 31.7 Å². The molecule has 5 nitrogen and oxygen atoms in total. The van der Waals surface area contributed by atoms with Gasteiger partial charge < -0.3 is 5.32 Å². The molecule has 0 spiro atoms. The van der Waals surface area contributed by atoms with Gasteiger partial charge in [-0.05, 0) is 18.8 Å². The molecule has 1 unspecified atom stereocenters. The summed E-state index contributed by atoms with van der Waals surface area (Å²) in [7, 11) is 1.88. The van der Waals surface area contributed by atoms with Crippen LogP contribution in [0.5, 0.6) is 0 Å². The standard InChI is InChI=1S/C10H15N5S/c1-15-6-13-9(14-15)5-12-10-11-4-8(16-10)7-2-3-7/h6-8H,2-5H2,1H3,(H,11,12). The maximum atomic E-state index is 4.51. The highest BCUT2D eigenvalue weighted by Gasteiger charge is 2.35. The molecule has 0 amide bonds. The average molecular weight is 237 g/mol. The van der Waals surface area contributed by atoms with Crippen molar-refractivity contribution in [2.24, 2.45) is 18.0 Å². The van der Waals surface area contributed by atoms with E-state index in [1.807, 2.05) is 18.8 Å². The second kappa shape index (κ2) is 4.08. The Balaban J connectivity index is 1.49. The summed E-state index contributed by atoms with van der Waals surface area (Å²) in [5, 5.41) is 9.30. The smallest absolute Gasteiger partial charge is 0.169 e. The Kier molecular flexibility index (Phi) is 2.59. The molecular weight excluding hydrogens is 222 g/mol. The molecule has 1 N–H and O–H groups in total. The van der Waals surface area contributed by atoms with Crippen molar-refractivity contribution >= 4 is 16.9 Å². The highest BCUT2D eigenvalue weighted by Crippen LogP contribution is 2.41. The lowest BCUT2D eigenvalue weighted by Gasteiger charge is -2.05. The zero-order valence-corrected chi connectivity index (χ0v) is 10.1. The third-order valence-corrected chi connectivity index (χ3v) is 4.20. The van der Waals surface area contributed by atoms with Crippen LogP contribution in [0.1, 0.15) is 18.7 Å². The van der Waals surface area contributed by atoms with Crippen LogP contribution in [0, 0.1) is 5.92 Å².